The highest BCUT2D eigenvalue weighted by Crippen LogP contribution is 2.30. The first-order valence-electron chi connectivity index (χ1n) is 10.6. The Morgan fingerprint density at radius 3 is 2.41 bits per heavy atom. The molecule has 1 fully saturated rings. The van der Waals surface area contributed by atoms with Gasteiger partial charge in [-0.2, -0.15) is 18.3 Å². The number of benzene rings is 2. The van der Waals surface area contributed by atoms with Crippen LogP contribution in [0, 0.1) is 0 Å². The predicted octanol–water partition coefficient (Wildman–Crippen LogP) is 3.44. The van der Waals surface area contributed by atoms with Crippen LogP contribution in [-0.2, 0) is 22.3 Å². The highest BCUT2D eigenvalue weighted by atomic mass is 19.4. The molecule has 0 aliphatic carbocycles. The minimum atomic E-state index is -4.41. The van der Waals surface area contributed by atoms with Crippen LogP contribution in [0.2, 0.25) is 0 Å². The van der Waals surface area contributed by atoms with E-state index < -0.39 is 23.8 Å². The Morgan fingerprint density at radius 1 is 1.12 bits per heavy atom. The minimum absolute atomic E-state index is 0.253. The molecular weight excluding hydrogens is 449 g/mol. The number of carbonyl (C=O) groups excluding carboxylic acids is 2. The molecule has 1 saturated heterocycles. The van der Waals surface area contributed by atoms with E-state index in [1.54, 1.807) is 52.3 Å². The lowest BCUT2D eigenvalue weighted by atomic mass is 10.1. The zero-order chi connectivity index (χ0) is 24.3. The van der Waals surface area contributed by atoms with Crippen LogP contribution in [0.3, 0.4) is 0 Å². The molecule has 1 amide bonds. The molecule has 2 heterocycles. The van der Waals surface area contributed by atoms with E-state index in [1.807, 2.05) is 0 Å². The number of methoxy groups -OCH3 is 1. The van der Waals surface area contributed by atoms with E-state index in [1.165, 1.54) is 19.2 Å². The van der Waals surface area contributed by atoms with Gasteiger partial charge in [-0.15, -0.1) is 0 Å². The fourth-order valence-corrected chi connectivity index (χ4v) is 4.05. The van der Waals surface area contributed by atoms with Gasteiger partial charge in [0.25, 0.3) is 5.91 Å². The van der Waals surface area contributed by atoms with Crippen LogP contribution >= 0.6 is 0 Å². The largest absolute Gasteiger partial charge is 0.468 e. The lowest BCUT2D eigenvalue weighted by Gasteiger charge is -2.22. The first-order valence-corrected chi connectivity index (χ1v) is 10.6. The van der Waals surface area contributed by atoms with Gasteiger partial charge in [-0.25, -0.2) is 4.68 Å². The first kappa shape index (κ1) is 23.5. The molecule has 1 aliphatic heterocycles. The highest BCUT2D eigenvalue weighted by Gasteiger charge is 2.38. The summed E-state index contributed by atoms with van der Waals surface area (Å²) >= 11 is 0. The van der Waals surface area contributed by atoms with Crippen LogP contribution in [-0.4, -0.2) is 52.3 Å². The van der Waals surface area contributed by atoms with Crippen LogP contribution in [0.5, 0.6) is 0 Å². The van der Waals surface area contributed by atoms with Gasteiger partial charge in [-0.3, -0.25) is 14.5 Å². The highest BCUT2D eigenvalue weighted by molar-refractivity contribution is 5.94. The van der Waals surface area contributed by atoms with E-state index in [2.05, 4.69) is 10.4 Å². The summed E-state index contributed by atoms with van der Waals surface area (Å²) in [4.78, 5) is 26.9. The maximum Gasteiger partial charge on any atom is 0.416 e. The number of halogens is 3. The fraction of sp³-hybridized carbons (Fsp3) is 0.292. The summed E-state index contributed by atoms with van der Waals surface area (Å²) in [5, 5.41) is 7.09. The van der Waals surface area contributed by atoms with E-state index in [0.717, 1.165) is 17.8 Å². The second-order valence-corrected chi connectivity index (χ2v) is 8.07. The number of nitrogens with zero attached hydrogens (tertiary/aromatic N) is 3. The van der Waals surface area contributed by atoms with E-state index in [0.29, 0.717) is 24.1 Å². The normalized spacial score (nSPS) is 18.6. The number of alkyl halides is 3. The third-order valence-corrected chi connectivity index (χ3v) is 5.78. The Labute approximate surface area is 194 Å². The number of rotatable bonds is 6. The molecule has 7 nitrogen and oxygen atoms in total. The fourth-order valence-electron chi connectivity index (χ4n) is 4.05. The molecule has 1 aromatic heterocycles. The van der Waals surface area contributed by atoms with Crippen molar-refractivity contribution in [3.05, 3.63) is 83.7 Å². The van der Waals surface area contributed by atoms with Gasteiger partial charge in [0.05, 0.1) is 18.4 Å². The van der Waals surface area contributed by atoms with Gasteiger partial charge in [-0.1, -0.05) is 12.1 Å². The standard InChI is InChI=1S/C24H23F3N4O3/c1-34-23(33)21-13-19(15-30(21)14-16-3-7-18(8-4-16)24(25,26)27)29-22(32)17-5-9-20(10-6-17)31-12-2-11-28-31/h2-12,19,21H,13-15H2,1H3,(H,29,32)/t19-,21+/m1/s1. The Balaban J connectivity index is 1.42. The summed E-state index contributed by atoms with van der Waals surface area (Å²) in [6, 6.07) is 12.6. The van der Waals surface area contributed by atoms with Gasteiger partial charge in [-0.05, 0) is 54.4 Å². The smallest absolute Gasteiger partial charge is 0.416 e. The van der Waals surface area contributed by atoms with Crippen molar-refractivity contribution in [1.82, 2.24) is 20.0 Å². The van der Waals surface area contributed by atoms with Crippen molar-refractivity contribution in [3.8, 4) is 5.69 Å². The lowest BCUT2D eigenvalue weighted by molar-refractivity contribution is -0.146. The summed E-state index contributed by atoms with van der Waals surface area (Å²) in [6.07, 6.45) is -0.613. The van der Waals surface area contributed by atoms with Crippen LogP contribution < -0.4 is 5.32 Å². The van der Waals surface area contributed by atoms with Crippen LogP contribution in [0.1, 0.15) is 27.9 Å². The SMILES string of the molecule is COC(=O)[C@@H]1C[C@@H](NC(=O)c2ccc(-n3cccn3)cc2)CN1Cc1ccc(C(F)(F)F)cc1. The summed E-state index contributed by atoms with van der Waals surface area (Å²) in [5.74, 6) is -0.732. The predicted molar refractivity (Wildman–Crippen MR) is 117 cm³/mol. The van der Waals surface area contributed by atoms with Crippen molar-refractivity contribution in [3.63, 3.8) is 0 Å². The molecule has 4 rings (SSSR count). The Bertz CT molecular complexity index is 1130. The zero-order valence-corrected chi connectivity index (χ0v) is 18.3. The molecule has 10 heteroatoms. The Morgan fingerprint density at radius 2 is 1.82 bits per heavy atom. The zero-order valence-electron chi connectivity index (χ0n) is 18.3. The van der Waals surface area contributed by atoms with Gasteiger partial charge in [0.1, 0.15) is 6.04 Å². The summed E-state index contributed by atoms with van der Waals surface area (Å²) in [5.41, 5.74) is 1.18. The molecule has 2 aromatic carbocycles. The second-order valence-electron chi connectivity index (χ2n) is 8.07. The van der Waals surface area contributed by atoms with Crippen molar-refractivity contribution in [2.45, 2.75) is 31.2 Å². The molecule has 1 aliphatic rings. The number of amides is 1. The summed E-state index contributed by atoms with van der Waals surface area (Å²) in [6.45, 7) is 0.612. The first-order chi connectivity index (χ1) is 16.2. The topological polar surface area (TPSA) is 76.5 Å². The number of aromatic nitrogens is 2. The van der Waals surface area contributed by atoms with Crippen molar-refractivity contribution < 1.29 is 27.5 Å². The van der Waals surface area contributed by atoms with E-state index in [9.17, 15) is 22.8 Å². The Kier molecular flexibility index (Phi) is 6.69. The van der Waals surface area contributed by atoms with Crippen LogP contribution in [0.25, 0.3) is 5.69 Å². The number of likely N-dealkylation sites (tertiary alicyclic amines) is 1. The number of carbonyl (C=O) groups is 2. The number of ether oxygens (including phenoxy) is 1. The molecule has 0 saturated carbocycles. The summed E-state index contributed by atoms with van der Waals surface area (Å²) < 4.78 is 45.1. The number of hydrogen-bond donors (Lipinski definition) is 1. The van der Waals surface area contributed by atoms with Crippen molar-refractivity contribution in [2.24, 2.45) is 0 Å². The van der Waals surface area contributed by atoms with Crippen LogP contribution in [0.4, 0.5) is 13.2 Å². The Hall–Kier alpha value is -3.66. The molecule has 1 N–H and O–H groups in total. The molecule has 0 spiro atoms. The maximum absolute atomic E-state index is 12.8. The third-order valence-electron chi connectivity index (χ3n) is 5.78. The number of nitrogens with one attached hydrogen (secondary N) is 1. The van der Waals surface area contributed by atoms with E-state index in [-0.39, 0.29) is 18.5 Å². The van der Waals surface area contributed by atoms with Crippen molar-refractivity contribution in [2.75, 3.05) is 13.7 Å². The molecule has 0 radical (unpaired) electrons. The van der Waals surface area contributed by atoms with E-state index >= 15 is 0 Å². The molecule has 3 aromatic rings. The molecule has 0 bridgehead atoms. The molecule has 0 unspecified atom stereocenters. The lowest BCUT2D eigenvalue weighted by Crippen LogP contribution is -2.37. The van der Waals surface area contributed by atoms with Gasteiger partial charge in [0.15, 0.2) is 0 Å². The third kappa shape index (κ3) is 5.28. The molecular formula is C24H23F3N4O3. The van der Waals surface area contributed by atoms with Gasteiger partial charge in [0.2, 0.25) is 0 Å². The van der Waals surface area contributed by atoms with Crippen LogP contribution in [0.15, 0.2) is 67.0 Å². The average molecular weight is 472 g/mol. The monoisotopic (exact) mass is 472 g/mol. The quantitative estimate of drug-likeness (QED) is 0.557. The van der Waals surface area contributed by atoms with E-state index in [4.69, 9.17) is 4.74 Å². The second kappa shape index (κ2) is 9.68. The molecule has 178 valence electrons. The van der Waals surface area contributed by atoms with Crippen molar-refractivity contribution in [1.29, 1.82) is 0 Å². The molecule has 34 heavy (non-hydrogen) atoms. The average Bonchev–Trinajstić information content (AvgIpc) is 3.49. The van der Waals surface area contributed by atoms with Crippen molar-refractivity contribution >= 4 is 11.9 Å². The number of hydrogen-bond acceptors (Lipinski definition) is 5. The molecule has 2 atom stereocenters. The maximum atomic E-state index is 12.8. The summed E-state index contributed by atoms with van der Waals surface area (Å²) in [7, 11) is 1.28. The minimum Gasteiger partial charge on any atom is -0.468 e. The van der Waals surface area contributed by atoms with Gasteiger partial charge in [0, 0.05) is 37.1 Å². The number of esters is 1. The van der Waals surface area contributed by atoms with Gasteiger partial charge >= 0.3 is 12.1 Å². The van der Waals surface area contributed by atoms with Gasteiger partial charge < -0.3 is 10.1 Å².